The summed E-state index contributed by atoms with van der Waals surface area (Å²) in [7, 11) is 0. The minimum absolute atomic E-state index is 0.106. The summed E-state index contributed by atoms with van der Waals surface area (Å²) in [5.74, 6) is -2.17. The van der Waals surface area contributed by atoms with Crippen molar-refractivity contribution in [2.45, 2.75) is 46.6 Å². The van der Waals surface area contributed by atoms with Gasteiger partial charge in [0.15, 0.2) is 5.78 Å². The topological polar surface area (TPSA) is 89.9 Å². The molecule has 0 saturated carbocycles. The quantitative estimate of drug-likeness (QED) is 0.462. The predicted octanol–water partition coefficient (Wildman–Crippen LogP) is 2.79. The summed E-state index contributed by atoms with van der Waals surface area (Å²) in [5.41, 5.74) is 2.13. The summed E-state index contributed by atoms with van der Waals surface area (Å²) < 4.78 is 11.0. The zero-order valence-electron chi connectivity index (χ0n) is 16.2. The molecule has 146 valence electrons. The Bertz CT molecular complexity index is 753. The predicted molar refractivity (Wildman–Crippen MR) is 99.3 cm³/mol. The highest BCUT2D eigenvalue weighted by atomic mass is 16.6. The molecule has 1 N–H and O–H groups in total. The van der Waals surface area contributed by atoms with E-state index in [1.54, 1.807) is 13.0 Å². The highest BCUT2D eigenvalue weighted by Gasteiger charge is 2.44. The van der Waals surface area contributed by atoms with Crippen molar-refractivity contribution in [2.24, 2.45) is 11.8 Å². The average Bonchev–Trinajstić information content (AvgIpc) is 2.86. The van der Waals surface area contributed by atoms with E-state index in [1.807, 2.05) is 26.0 Å². The Kier molecular flexibility index (Phi) is 6.91. The van der Waals surface area contributed by atoms with E-state index >= 15 is 0 Å². The van der Waals surface area contributed by atoms with Gasteiger partial charge < -0.3 is 14.6 Å². The number of fused-ring (bicyclic) bond motifs is 1. The number of allylic oxidation sites excluding steroid dienone is 4. The molecule has 1 saturated heterocycles. The van der Waals surface area contributed by atoms with Crippen LogP contribution in [0.15, 0.2) is 46.8 Å². The van der Waals surface area contributed by atoms with E-state index in [4.69, 9.17) is 14.6 Å². The maximum atomic E-state index is 12.3. The van der Waals surface area contributed by atoms with Crippen LogP contribution in [0.4, 0.5) is 0 Å². The SMILES string of the molecule is CC1=CCCC(C)=CC2OC(=O)C(C)C2C(OC(=O)C=C(C)C(=O)CO)=C1. The molecule has 0 aromatic carbocycles. The molecule has 2 aliphatic rings. The molecule has 0 spiro atoms. The second-order valence-electron chi connectivity index (χ2n) is 7.09. The molecule has 0 amide bonds. The lowest BCUT2D eigenvalue weighted by Gasteiger charge is -2.21. The van der Waals surface area contributed by atoms with E-state index in [2.05, 4.69) is 0 Å². The average molecular weight is 374 g/mol. The molecule has 1 aliphatic heterocycles. The minimum atomic E-state index is -0.726. The van der Waals surface area contributed by atoms with Gasteiger partial charge in [0.25, 0.3) is 0 Å². The largest absolute Gasteiger partial charge is 0.457 e. The number of Topliss-reactive ketones (excluding diaryl/α,β-unsaturated/α-hetero) is 1. The fourth-order valence-electron chi connectivity index (χ4n) is 3.19. The van der Waals surface area contributed by atoms with Crippen molar-refractivity contribution in [3.05, 3.63) is 46.8 Å². The lowest BCUT2D eigenvalue weighted by atomic mass is 9.87. The number of carbonyl (C=O) groups is 3. The van der Waals surface area contributed by atoms with Gasteiger partial charge in [0.1, 0.15) is 18.5 Å². The molecule has 1 heterocycles. The molecule has 0 radical (unpaired) electrons. The van der Waals surface area contributed by atoms with Crippen LogP contribution >= 0.6 is 0 Å². The maximum absolute atomic E-state index is 12.3. The minimum Gasteiger partial charge on any atom is -0.457 e. The van der Waals surface area contributed by atoms with Crippen LogP contribution in [-0.2, 0) is 23.9 Å². The van der Waals surface area contributed by atoms with E-state index in [9.17, 15) is 14.4 Å². The molecule has 3 unspecified atom stereocenters. The number of aliphatic hydroxyl groups excluding tert-OH is 1. The molecule has 0 bridgehead atoms. The van der Waals surface area contributed by atoms with Crippen LogP contribution in [0.2, 0.25) is 0 Å². The van der Waals surface area contributed by atoms with Crippen LogP contribution in [0.25, 0.3) is 0 Å². The molecular weight excluding hydrogens is 348 g/mol. The number of hydrogen-bond acceptors (Lipinski definition) is 6. The zero-order valence-corrected chi connectivity index (χ0v) is 16.2. The third kappa shape index (κ3) is 5.26. The van der Waals surface area contributed by atoms with Crippen molar-refractivity contribution in [3.8, 4) is 0 Å². The van der Waals surface area contributed by atoms with E-state index in [1.165, 1.54) is 6.92 Å². The van der Waals surface area contributed by atoms with Crippen LogP contribution < -0.4 is 0 Å². The Morgan fingerprint density at radius 3 is 2.74 bits per heavy atom. The molecule has 1 fully saturated rings. The molecule has 27 heavy (non-hydrogen) atoms. The Labute approximate surface area is 159 Å². The van der Waals surface area contributed by atoms with E-state index in [-0.39, 0.29) is 11.5 Å². The van der Waals surface area contributed by atoms with Crippen molar-refractivity contribution >= 4 is 17.7 Å². The van der Waals surface area contributed by atoms with Crippen molar-refractivity contribution in [2.75, 3.05) is 6.61 Å². The van der Waals surface area contributed by atoms with Gasteiger partial charge in [-0.2, -0.15) is 0 Å². The summed E-state index contributed by atoms with van der Waals surface area (Å²) in [4.78, 5) is 35.9. The Hall–Kier alpha value is -2.47. The van der Waals surface area contributed by atoms with Crippen LogP contribution in [0.5, 0.6) is 0 Å². The molecule has 6 heteroatoms. The van der Waals surface area contributed by atoms with E-state index in [0.717, 1.165) is 30.1 Å². The van der Waals surface area contributed by atoms with E-state index < -0.39 is 36.3 Å². The molecule has 1 aliphatic carbocycles. The summed E-state index contributed by atoms with van der Waals surface area (Å²) in [6.07, 6.45) is 7.96. The number of aliphatic hydroxyl groups is 1. The fraction of sp³-hybridized carbons (Fsp3) is 0.476. The van der Waals surface area contributed by atoms with Gasteiger partial charge in [-0.3, -0.25) is 9.59 Å². The Morgan fingerprint density at radius 1 is 1.37 bits per heavy atom. The van der Waals surface area contributed by atoms with Crippen molar-refractivity contribution < 1.29 is 29.0 Å². The standard InChI is InChI=1S/C21H26O6/c1-12-6-5-7-13(2)9-18-20(15(4)21(25)27-18)17(8-12)26-19(24)10-14(3)16(23)11-22/h6,8-10,15,18,20,22H,5,7,11H2,1-4H3. The number of ketones is 1. The van der Waals surface area contributed by atoms with Gasteiger partial charge in [-0.15, -0.1) is 0 Å². The third-order valence-electron chi connectivity index (χ3n) is 4.81. The van der Waals surface area contributed by atoms with Crippen molar-refractivity contribution in [1.82, 2.24) is 0 Å². The van der Waals surface area contributed by atoms with Gasteiger partial charge in [0.05, 0.1) is 11.8 Å². The molecule has 3 atom stereocenters. The van der Waals surface area contributed by atoms with Crippen LogP contribution in [-0.4, -0.2) is 35.5 Å². The summed E-state index contributed by atoms with van der Waals surface area (Å²) in [6, 6.07) is 0. The van der Waals surface area contributed by atoms with Crippen molar-refractivity contribution in [1.29, 1.82) is 0 Å². The monoisotopic (exact) mass is 374 g/mol. The lowest BCUT2D eigenvalue weighted by molar-refractivity contribution is -0.142. The number of esters is 2. The molecular formula is C21H26O6. The number of carbonyl (C=O) groups excluding carboxylic acids is 3. The van der Waals surface area contributed by atoms with Gasteiger partial charge >= 0.3 is 11.9 Å². The normalized spacial score (nSPS) is 26.3. The highest BCUT2D eigenvalue weighted by Crippen LogP contribution is 2.37. The number of rotatable bonds is 4. The van der Waals surface area contributed by atoms with Crippen molar-refractivity contribution in [3.63, 3.8) is 0 Å². The summed E-state index contributed by atoms with van der Waals surface area (Å²) in [5, 5.41) is 8.89. The van der Waals surface area contributed by atoms with Gasteiger partial charge in [0, 0.05) is 11.6 Å². The maximum Gasteiger partial charge on any atom is 0.336 e. The second kappa shape index (κ2) is 8.95. The number of hydrogen-bond donors (Lipinski definition) is 1. The first-order chi connectivity index (χ1) is 12.7. The van der Waals surface area contributed by atoms with Gasteiger partial charge in [-0.1, -0.05) is 24.1 Å². The lowest BCUT2D eigenvalue weighted by Crippen LogP contribution is -2.24. The van der Waals surface area contributed by atoms with Crippen LogP contribution in [0, 0.1) is 11.8 Å². The van der Waals surface area contributed by atoms with Crippen LogP contribution in [0.3, 0.4) is 0 Å². The highest BCUT2D eigenvalue weighted by molar-refractivity contribution is 6.01. The Morgan fingerprint density at radius 2 is 2.07 bits per heavy atom. The first-order valence-electron chi connectivity index (χ1n) is 9.03. The summed E-state index contributed by atoms with van der Waals surface area (Å²) >= 11 is 0. The summed E-state index contributed by atoms with van der Waals surface area (Å²) in [6.45, 7) is 6.41. The van der Waals surface area contributed by atoms with Gasteiger partial charge in [-0.25, -0.2) is 4.79 Å². The molecule has 6 nitrogen and oxygen atoms in total. The fourth-order valence-corrected chi connectivity index (χ4v) is 3.19. The number of ether oxygens (including phenoxy) is 2. The van der Waals surface area contributed by atoms with E-state index in [0.29, 0.717) is 5.76 Å². The van der Waals surface area contributed by atoms with Gasteiger partial charge in [0.2, 0.25) is 0 Å². The van der Waals surface area contributed by atoms with Gasteiger partial charge in [-0.05, 0) is 45.8 Å². The van der Waals surface area contributed by atoms with Crippen LogP contribution in [0.1, 0.15) is 40.5 Å². The zero-order chi connectivity index (χ0) is 20.1. The molecule has 2 rings (SSSR count). The first-order valence-corrected chi connectivity index (χ1v) is 9.03. The second-order valence-corrected chi connectivity index (χ2v) is 7.09. The molecule has 0 aromatic rings. The smallest absolute Gasteiger partial charge is 0.336 e. The Balaban J connectivity index is 2.39. The first kappa shape index (κ1) is 20.8. The third-order valence-corrected chi connectivity index (χ3v) is 4.81. The molecule has 0 aromatic heterocycles.